The Kier molecular flexibility index (Phi) is 3.18. The number of benzene rings is 1. The third kappa shape index (κ3) is 2.04. The van der Waals surface area contributed by atoms with Crippen molar-refractivity contribution in [3.8, 4) is 5.88 Å². The lowest BCUT2D eigenvalue weighted by Gasteiger charge is -2.07. The highest BCUT2D eigenvalue weighted by molar-refractivity contribution is 6.03. The van der Waals surface area contributed by atoms with Crippen molar-refractivity contribution in [2.24, 2.45) is 0 Å². The zero-order valence-corrected chi connectivity index (χ0v) is 9.64. The number of carbonyl (C=O) groups excluding carboxylic acids is 1. The van der Waals surface area contributed by atoms with Crippen molar-refractivity contribution >= 4 is 16.9 Å². The minimum atomic E-state index is -0.390. The number of nitrogens with zero attached hydrogens (tertiary/aromatic N) is 2. The summed E-state index contributed by atoms with van der Waals surface area (Å²) < 4.78 is 10.1. The predicted molar refractivity (Wildman–Crippen MR) is 62.0 cm³/mol. The van der Waals surface area contributed by atoms with E-state index >= 15 is 0 Å². The second-order valence-electron chi connectivity index (χ2n) is 3.31. The van der Waals surface area contributed by atoms with Crippen LogP contribution in [-0.2, 0) is 4.74 Å². The Hall–Kier alpha value is -2.17. The number of hydrogen-bond acceptors (Lipinski definition) is 5. The number of para-hydroxylation sites is 1. The Morgan fingerprint density at radius 2 is 2.18 bits per heavy atom. The Bertz CT molecular complexity index is 554. The largest absolute Gasteiger partial charge is 0.480 e. The van der Waals surface area contributed by atoms with Gasteiger partial charge in [0, 0.05) is 0 Å². The van der Waals surface area contributed by atoms with E-state index in [1.807, 2.05) is 0 Å². The number of fused-ring (bicyclic) bond motifs is 1. The summed E-state index contributed by atoms with van der Waals surface area (Å²) in [4.78, 5) is 19.8. The highest BCUT2D eigenvalue weighted by Gasteiger charge is 2.14. The van der Waals surface area contributed by atoms with Crippen LogP contribution in [0.1, 0.15) is 17.3 Å². The molecule has 17 heavy (non-hydrogen) atoms. The number of esters is 1. The van der Waals surface area contributed by atoms with E-state index < -0.39 is 0 Å². The number of methoxy groups -OCH3 is 1. The van der Waals surface area contributed by atoms with Crippen molar-refractivity contribution in [3.63, 3.8) is 0 Å². The SMILES string of the molecule is CCOC(=O)c1cccc2c(OC)ncnc12. The standard InChI is InChI=1S/C12H12N2O3/c1-3-17-12(15)9-6-4-5-8-10(9)13-7-14-11(8)16-2/h4-7H,3H2,1-2H3. The van der Waals surface area contributed by atoms with E-state index in [2.05, 4.69) is 9.97 Å². The lowest BCUT2D eigenvalue weighted by atomic mass is 10.1. The van der Waals surface area contributed by atoms with Crippen molar-refractivity contribution in [1.82, 2.24) is 9.97 Å². The lowest BCUT2D eigenvalue weighted by Crippen LogP contribution is -2.06. The molecule has 2 rings (SSSR count). The average Bonchev–Trinajstić information content (AvgIpc) is 2.37. The van der Waals surface area contributed by atoms with Gasteiger partial charge in [0.05, 0.1) is 30.2 Å². The van der Waals surface area contributed by atoms with Crippen LogP contribution in [0.4, 0.5) is 0 Å². The highest BCUT2D eigenvalue weighted by Crippen LogP contribution is 2.23. The number of hydrogen-bond donors (Lipinski definition) is 0. The molecule has 0 aliphatic rings. The summed E-state index contributed by atoms with van der Waals surface area (Å²) in [5.74, 6) is 0.0556. The third-order valence-corrected chi connectivity index (χ3v) is 2.32. The molecule has 0 spiro atoms. The van der Waals surface area contributed by atoms with E-state index in [9.17, 15) is 4.79 Å². The quantitative estimate of drug-likeness (QED) is 0.755. The van der Waals surface area contributed by atoms with Crippen LogP contribution in [0.25, 0.3) is 10.9 Å². The van der Waals surface area contributed by atoms with Gasteiger partial charge in [-0.2, -0.15) is 0 Å². The van der Waals surface area contributed by atoms with Gasteiger partial charge in [0.2, 0.25) is 5.88 Å². The summed E-state index contributed by atoms with van der Waals surface area (Å²) in [5.41, 5.74) is 0.961. The summed E-state index contributed by atoms with van der Waals surface area (Å²) in [6.45, 7) is 2.09. The molecular formula is C12H12N2O3. The maximum absolute atomic E-state index is 11.7. The van der Waals surface area contributed by atoms with Gasteiger partial charge in [-0.15, -0.1) is 0 Å². The topological polar surface area (TPSA) is 61.3 Å². The third-order valence-electron chi connectivity index (χ3n) is 2.32. The molecule has 5 heteroatoms. The molecule has 0 unspecified atom stereocenters. The summed E-state index contributed by atoms with van der Waals surface area (Å²) in [6, 6.07) is 5.23. The van der Waals surface area contributed by atoms with E-state index in [0.717, 1.165) is 0 Å². The molecule has 2 aromatic rings. The number of ether oxygens (including phenoxy) is 2. The van der Waals surface area contributed by atoms with Crippen LogP contribution in [0, 0.1) is 0 Å². The smallest absolute Gasteiger partial charge is 0.340 e. The van der Waals surface area contributed by atoms with Gasteiger partial charge in [-0.25, -0.2) is 14.8 Å². The van der Waals surface area contributed by atoms with Crippen molar-refractivity contribution in [2.75, 3.05) is 13.7 Å². The number of aromatic nitrogens is 2. The summed E-state index contributed by atoms with van der Waals surface area (Å²) in [5, 5.41) is 0.695. The molecule has 0 radical (unpaired) electrons. The Balaban J connectivity index is 2.62. The molecule has 0 saturated carbocycles. The predicted octanol–water partition coefficient (Wildman–Crippen LogP) is 1.82. The normalized spacial score (nSPS) is 10.2. The van der Waals surface area contributed by atoms with Crippen LogP contribution >= 0.6 is 0 Å². The maximum atomic E-state index is 11.7. The van der Waals surface area contributed by atoms with E-state index in [1.165, 1.54) is 13.4 Å². The highest BCUT2D eigenvalue weighted by atomic mass is 16.5. The van der Waals surface area contributed by atoms with Gasteiger partial charge in [-0.1, -0.05) is 6.07 Å². The summed E-state index contributed by atoms with van der Waals surface area (Å²) in [7, 11) is 1.53. The monoisotopic (exact) mass is 232 g/mol. The first kappa shape index (κ1) is 11.3. The van der Waals surface area contributed by atoms with Gasteiger partial charge in [0.1, 0.15) is 6.33 Å². The Morgan fingerprint density at radius 1 is 1.35 bits per heavy atom. The van der Waals surface area contributed by atoms with Crippen molar-refractivity contribution in [1.29, 1.82) is 0 Å². The molecule has 1 heterocycles. The minimum absolute atomic E-state index is 0.331. The molecule has 0 aliphatic heterocycles. The van der Waals surface area contributed by atoms with Crippen molar-refractivity contribution < 1.29 is 14.3 Å². The fourth-order valence-electron chi connectivity index (χ4n) is 1.60. The first-order chi connectivity index (χ1) is 8.27. The Morgan fingerprint density at radius 3 is 2.88 bits per heavy atom. The van der Waals surface area contributed by atoms with Gasteiger partial charge in [0.25, 0.3) is 0 Å². The second kappa shape index (κ2) is 4.78. The molecule has 0 bridgehead atoms. The van der Waals surface area contributed by atoms with Crippen LogP contribution in [0.5, 0.6) is 5.88 Å². The molecular weight excluding hydrogens is 220 g/mol. The average molecular weight is 232 g/mol. The Labute approximate surface area is 98.4 Å². The first-order valence-corrected chi connectivity index (χ1v) is 5.22. The molecule has 5 nitrogen and oxygen atoms in total. The van der Waals surface area contributed by atoms with Crippen LogP contribution in [0.2, 0.25) is 0 Å². The van der Waals surface area contributed by atoms with Crippen molar-refractivity contribution in [3.05, 3.63) is 30.1 Å². The molecule has 1 aromatic heterocycles. The molecule has 88 valence electrons. The molecule has 0 aliphatic carbocycles. The fraction of sp³-hybridized carbons (Fsp3) is 0.250. The first-order valence-electron chi connectivity index (χ1n) is 5.22. The number of carbonyl (C=O) groups is 1. The van der Waals surface area contributed by atoms with Crippen molar-refractivity contribution in [2.45, 2.75) is 6.92 Å². The van der Waals surface area contributed by atoms with Crippen LogP contribution in [-0.4, -0.2) is 29.7 Å². The summed E-state index contributed by atoms with van der Waals surface area (Å²) in [6.07, 6.45) is 1.36. The molecule has 1 aromatic carbocycles. The molecule has 0 N–H and O–H groups in total. The van der Waals surface area contributed by atoms with Gasteiger partial charge >= 0.3 is 5.97 Å². The van der Waals surface area contributed by atoms with Gasteiger partial charge < -0.3 is 9.47 Å². The molecule has 0 atom stereocenters. The lowest BCUT2D eigenvalue weighted by molar-refractivity contribution is 0.0528. The van der Waals surface area contributed by atoms with Gasteiger partial charge in [-0.3, -0.25) is 0 Å². The van der Waals surface area contributed by atoms with Gasteiger partial charge in [0.15, 0.2) is 0 Å². The minimum Gasteiger partial charge on any atom is -0.480 e. The van der Waals surface area contributed by atoms with E-state index in [4.69, 9.17) is 9.47 Å². The number of rotatable bonds is 3. The second-order valence-corrected chi connectivity index (χ2v) is 3.31. The summed E-state index contributed by atoms with van der Waals surface area (Å²) >= 11 is 0. The fourth-order valence-corrected chi connectivity index (χ4v) is 1.60. The van der Waals surface area contributed by atoms with Gasteiger partial charge in [-0.05, 0) is 19.1 Å². The van der Waals surface area contributed by atoms with E-state index in [0.29, 0.717) is 29.0 Å². The molecule has 0 amide bonds. The zero-order valence-electron chi connectivity index (χ0n) is 9.64. The van der Waals surface area contributed by atoms with E-state index in [-0.39, 0.29) is 5.97 Å². The van der Waals surface area contributed by atoms with Crippen LogP contribution < -0.4 is 4.74 Å². The maximum Gasteiger partial charge on any atom is 0.340 e. The molecule has 0 fully saturated rings. The molecule has 0 saturated heterocycles. The van der Waals surface area contributed by atoms with E-state index in [1.54, 1.807) is 25.1 Å². The van der Waals surface area contributed by atoms with Crippen LogP contribution in [0.15, 0.2) is 24.5 Å². The zero-order chi connectivity index (χ0) is 12.3. The van der Waals surface area contributed by atoms with Crippen LogP contribution in [0.3, 0.4) is 0 Å².